The van der Waals surface area contributed by atoms with Gasteiger partial charge in [-0.05, 0) is 6.07 Å². The summed E-state index contributed by atoms with van der Waals surface area (Å²) in [4.78, 5) is 8.02. The van der Waals surface area contributed by atoms with Crippen molar-refractivity contribution >= 4 is 11.3 Å². The van der Waals surface area contributed by atoms with Crippen molar-refractivity contribution in [3.63, 3.8) is 0 Å². The Balaban J connectivity index is 1.71. The third-order valence-corrected chi connectivity index (χ3v) is 3.48. The van der Waals surface area contributed by atoms with E-state index in [9.17, 15) is 0 Å². The molecule has 3 rings (SSSR count). The zero-order valence-electron chi connectivity index (χ0n) is 8.27. The molecule has 0 unspecified atom stereocenters. The summed E-state index contributed by atoms with van der Waals surface area (Å²) in [6.45, 7) is 3.05. The standard InChI is InChI=1S/C11H11N2OS/c1-3-13(5-9-2-4-14-7-9)6-11-10(1)12-8-15-11/h2,4,7H,1,3,5-6H2. The first-order valence-corrected chi connectivity index (χ1v) is 5.81. The molecule has 15 heavy (non-hydrogen) atoms. The van der Waals surface area contributed by atoms with Crippen LogP contribution in [0, 0.1) is 5.51 Å². The van der Waals surface area contributed by atoms with E-state index in [4.69, 9.17) is 4.42 Å². The van der Waals surface area contributed by atoms with Crippen LogP contribution in [0.1, 0.15) is 16.1 Å². The first kappa shape index (κ1) is 9.12. The molecule has 2 aromatic rings. The average molecular weight is 219 g/mol. The highest BCUT2D eigenvalue weighted by Crippen LogP contribution is 2.22. The predicted molar refractivity (Wildman–Crippen MR) is 57.5 cm³/mol. The fourth-order valence-corrected chi connectivity index (χ4v) is 2.67. The summed E-state index contributed by atoms with van der Waals surface area (Å²) >= 11 is 1.64. The van der Waals surface area contributed by atoms with Crippen LogP contribution in [0.4, 0.5) is 0 Å². The summed E-state index contributed by atoms with van der Waals surface area (Å²) in [6, 6.07) is 2.02. The fraction of sp³-hybridized carbons (Fsp3) is 0.364. The molecule has 1 aliphatic heterocycles. The highest BCUT2D eigenvalue weighted by Gasteiger charge is 2.18. The van der Waals surface area contributed by atoms with Gasteiger partial charge in [0.15, 0.2) is 5.51 Å². The maximum absolute atomic E-state index is 5.07. The largest absolute Gasteiger partial charge is 0.472 e. The number of aromatic nitrogens is 1. The molecule has 0 fully saturated rings. The van der Waals surface area contributed by atoms with Gasteiger partial charge in [-0.1, -0.05) is 0 Å². The molecule has 0 saturated carbocycles. The van der Waals surface area contributed by atoms with Gasteiger partial charge < -0.3 is 4.42 Å². The monoisotopic (exact) mass is 219 g/mol. The highest BCUT2D eigenvalue weighted by molar-refractivity contribution is 7.09. The number of thiazole rings is 1. The summed E-state index contributed by atoms with van der Waals surface area (Å²) in [5, 5.41) is 0. The summed E-state index contributed by atoms with van der Waals surface area (Å²) in [5.41, 5.74) is 5.45. The van der Waals surface area contributed by atoms with Crippen LogP contribution >= 0.6 is 11.3 Å². The van der Waals surface area contributed by atoms with E-state index in [0.717, 1.165) is 26.1 Å². The Bertz CT molecular complexity index is 435. The third-order valence-electron chi connectivity index (χ3n) is 2.69. The summed E-state index contributed by atoms with van der Waals surface area (Å²) in [6.07, 6.45) is 4.59. The molecule has 1 radical (unpaired) electrons. The molecule has 1 aliphatic rings. The Hall–Kier alpha value is -1.13. The van der Waals surface area contributed by atoms with Gasteiger partial charge in [0, 0.05) is 36.5 Å². The number of hydrogen-bond donors (Lipinski definition) is 0. The quantitative estimate of drug-likeness (QED) is 0.774. The molecule has 4 heteroatoms. The second kappa shape index (κ2) is 3.79. The Labute approximate surface area is 92.4 Å². The molecule has 0 spiro atoms. The van der Waals surface area contributed by atoms with E-state index in [2.05, 4.69) is 15.4 Å². The fourth-order valence-electron chi connectivity index (χ4n) is 1.90. The van der Waals surface area contributed by atoms with Crippen molar-refractivity contribution in [2.45, 2.75) is 19.5 Å². The minimum Gasteiger partial charge on any atom is -0.472 e. The van der Waals surface area contributed by atoms with Crippen LogP contribution in [0.5, 0.6) is 0 Å². The Morgan fingerprint density at radius 2 is 2.60 bits per heavy atom. The molecule has 0 N–H and O–H groups in total. The van der Waals surface area contributed by atoms with Crippen molar-refractivity contribution in [2.75, 3.05) is 6.54 Å². The van der Waals surface area contributed by atoms with Crippen molar-refractivity contribution in [1.29, 1.82) is 0 Å². The predicted octanol–water partition coefficient (Wildman–Crippen LogP) is 2.09. The molecule has 0 atom stereocenters. The van der Waals surface area contributed by atoms with E-state index in [0.29, 0.717) is 0 Å². The summed E-state index contributed by atoms with van der Waals surface area (Å²) < 4.78 is 5.07. The van der Waals surface area contributed by atoms with E-state index < -0.39 is 0 Å². The first-order valence-electron chi connectivity index (χ1n) is 5.00. The first-order chi connectivity index (χ1) is 7.42. The van der Waals surface area contributed by atoms with Crippen molar-refractivity contribution in [3.8, 4) is 0 Å². The van der Waals surface area contributed by atoms with Crippen LogP contribution in [0.3, 0.4) is 0 Å². The van der Waals surface area contributed by atoms with Crippen LogP contribution in [0.2, 0.25) is 0 Å². The van der Waals surface area contributed by atoms with Crippen LogP contribution < -0.4 is 0 Å². The lowest BCUT2D eigenvalue weighted by Crippen LogP contribution is -2.29. The summed E-state index contributed by atoms with van der Waals surface area (Å²) in [7, 11) is 0. The van der Waals surface area contributed by atoms with Gasteiger partial charge in [-0.3, -0.25) is 4.90 Å². The second-order valence-electron chi connectivity index (χ2n) is 3.77. The Morgan fingerprint density at radius 1 is 1.60 bits per heavy atom. The van der Waals surface area contributed by atoms with E-state index >= 15 is 0 Å². The van der Waals surface area contributed by atoms with Gasteiger partial charge in [-0.25, -0.2) is 4.98 Å². The van der Waals surface area contributed by atoms with Crippen LogP contribution in [-0.2, 0) is 19.5 Å². The van der Waals surface area contributed by atoms with Gasteiger partial charge >= 0.3 is 0 Å². The zero-order valence-corrected chi connectivity index (χ0v) is 9.09. The maximum atomic E-state index is 5.07. The normalized spacial score (nSPS) is 16.5. The number of rotatable bonds is 2. The third kappa shape index (κ3) is 1.82. The molecule has 0 amide bonds. The molecule has 3 heterocycles. The second-order valence-corrected chi connectivity index (χ2v) is 4.65. The highest BCUT2D eigenvalue weighted by atomic mass is 32.1. The van der Waals surface area contributed by atoms with E-state index in [-0.39, 0.29) is 0 Å². The number of furan rings is 1. The topological polar surface area (TPSA) is 29.3 Å². The van der Waals surface area contributed by atoms with Crippen LogP contribution in [-0.4, -0.2) is 16.4 Å². The van der Waals surface area contributed by atoms with Gasteiger partial charge in [0.2, 0.25) is 0 Å². The smallest absolute Gasteiger partial charge is 0.152 e. The lowest BCUT2D eigenvalue weighted by Gasteiger charge is -2.25. The Kier molecular flexibility index (Phi) is 2.31. The van der Waals surface area contributed by atoms with E-state index in [1.165, 1.54) is 16.1 Å². The number of fused-ring (bicyclic) bond motifs is 1. The minimum atomic E-state index is 0.966. The minimum absolute atomic E-state index is 0.966. The summed E-state index contributed by atoms with van der Waals surface area (Å²) in [5.74, 6) is 0. The number of nitrogens with zero attached hydrogens (tertiary/aromatic N) is 2. The molecule has 0 saturated heterocycles. The van der Waals surface area contributed by atoms with Crippen LogP contribution in [0.15, 0.2) is 23.0 Å². The molecular formula is C11H11N2OS. The van der Waals surface area contributed by atoms with Crippen LogP contribution in [0.25, 0.3) is 0 Å². The van der Waals surface area contributed by atoms with Crippen molar-refractivity contribution in [2.24, 2.45) is 0 Å². The van der Waals surface area contributed by atoms with Gasteiger partial charge in [-0.2, -0.15) is 0 Å². The SMILES string of the molecule is [c]1nc2c(s1)CN(Cc1ccoc1)CC2. The lowest BCUT2D eigenvalue weighted by atomic mass is 10.1. The van der Waals surface area contributed by atoms with Gasteiger partial charge in [0.25, 0.3) is 0 Å². The Morgan fingerprint density at radius 3 is 3.47 bits per heavy atom. The number of hydrogen-bond acceptors (Lipinski definition) is 4. The maximum Gasteiger partial charge on any atom is 0.152 e. The van der Waals surface area contributed by atoms with Crippen molar-refractivity contribution in [3.05, 3.63) is 40.2 Å². The molecule has 0 bridgehead atoms. The zero-order chi connectivity index (χ0) is 10.1. The van der Waals surface area contributed by atoms with Crippen molar-refractivity contribution in [1.82, 2.24) is 9.88 Å². The average Bonchev–Trinajstić information content (AvgIpc) is 2.87. The molecule has 77 valence electrons. The van der Waals surface area contributed by atoms with Gasteiger partial charge in [0.1, 0.15) is 0 Å². The molecule has 3 nitrogen and oxygen atoms in total. The van der Waals surface area contributed by atoms with E-state index in [1.54, 1.807) is 17.6 Å². The van der Waals surface area contributed by atoms with E-state index in [1.807, 2.05) is 12.3 Å². The molecule has 2 aromatic heterocycles. The lowest BCUT2D eigenvalue weighted by molar-refractivity contribution is 0.246. The van der Waals surface area contributed by atoms with Gasteiger partial charge in [0.05, 0.1) is 18.2 Å². The molecular weight excluding hydrogens is 208 g/mol. The molecule has 0 aliphatic carbocycles. The van der Waals surface area contributed by atoms with Crippen molar-refractivity contribution < 1.29 is 4.42 Å². The molecule has 0 aromatic carbocycles. The van der Waals surface area contributed by atoms with Gasteiger partial charge in [-0.15, -0.1) is 11.3 Å².